The lowest BCUT2D eigenvalue weighted by molar-refractivity contribution is 0.304. The Morgan fingerprint density at radius 3 is 2.54 bits per heavy atom. The number of likely N-dealkylation sites (tertiary alicyclic amines) is 1. The predicted molar refractivity (Wildman–Crippen MR) is 112 cm³/mol. The van der Waals surface area contributed by atoms with Crippen molar-refractivity contribution in [2.24, 2.45) is 0 Å². The minimum Gasteiger partial charge on any atom is -0.496 e. The van der Waals surface area contributed by atoms with Crippen molar-refractivity contribution in [1.82, 2.24) is 10.2 Å². The van der Waals surface area contributed by atoms with E-state index < -0.39 is 0 Å². The Labute approximate surface area is 166 Å². The highest BCUT2D eigenvalue weighted by molar-refractivity contribution is 7.80. The molecular weight excluding hydrogens is 364 g/mol. The first-order valence-corrected chi connectivity index (χ1v) is 9.86. The highest BCUT2D eigenvalue weighted by atomic mass is 35.5. The van der Waals surface area contributed by atoms with Gasteiger partial charge in [0, 0.05) is 24.7 Å². The highest BCUT2D eigenvalue weighted by Gasteiger charge is 2.23. The van der Waals surface area contributed by atoms with Gasteiger partial charge in [0.15, 0.2) is 5.11 Å². The van der Waals surface area contributed by atoms with Gasteiger partial charge in [-0.2, -0.15) is 0 Å². The average molecular weight is 389 g/mol. The summed E-state index contributed by atoms with van der Waals surface area (Å²) in [6, 6.07) is 16.3. The maximum Gasteiger partial charge on any atom is 0.168 e. The van der Waals surface area contributed by atoms with Gasteiger partial charge in [-0.05, 0) is 66.7 Å². The summed E-state index contributed by atoms with van der Waals surface area (Å²) in [7, 11) is 1.74. The Morgan fingerprint density at radius 2 is 1.85 bits per heavy atom. The van der Waals surface area contributed by atoms with Gasteiger partial charge in [0.1, 0.15) is 5.75 Å². The van der Waals surface area contributed by atoms with E-state index in [4.69, 9.17) is 28.6 Å². The van der Waals surface area contributed by atoms with Gasteiger partial charge in [0.05, 0.1) is 7.11 Å². The SMILES string of the molecule is COc1ccccc1C1CCN(C(=S)NCCc2ccc(Cl)cc2)CC1. The first kappa shape index (κ1) is 19.0. The molecule has 0 saturated carbocycles. The molecule has 5 heteroatoms. The third-order valence-electron chi connectivity index (χ3n) is 4.96. The standard InChI is InChI=1S/C21H25ClN2OS/c1-25-20-5-3-2-4-19(20)17-11-14-24(15-12-17)21(26)23-13-10-16-6-8-18(22)9-7-16/h2-9,17H,10-15H2,1H3,(H,23,26). The summed E-state index contributed by atoms with van der Waals surface area (Å²) in [5, 5.41) is 5.02. The van der Waals surface area contributed by atoms with Crippen molar-refractivity contribution in [3.63, 3.8) is 0 Å². The van der Waals surface area contributed by atoms with Gasteiger partial charge in [-0.25, -0.2) is 0 Å². The number of thiocarbonyl (C=S) groups is 1. The third kappa shape index (κ3) is 4.89. The number of nitrogens with zero attached hydrogens (tertiary/aromatic N) is 1. The van der Waals surface area contributed by atoms with Crippen LogP contribution in [0.15, 0.2) is 48.5 Å². The summed E-state index contributed by atoms with van der Waals surface area (Å²) in [5.74, 6) is 1.54. The first-order valence-electron chi connectivity index (χ1n) is 9.07. The Morgan fingerprint density at radius 1 is 1.15 bits per heavy atom. The van der Waals surface area contributed by atoms with E-state index in [9.17, 15) is 0 Å². The summed E-state index contributed by atoms with van der Waals surface area (Å²) in [6.45, 7) is 2.80. The molecule has 138 valence electrons. The zero-order valence-electron chi connectivity index (χ0n) is 15.1. The first-order chi connectivity index (χ1) is 12.7. The fourth-order valence-corrected chi connectivity index (χ4v) is 3.88. The molecule has 0 spiro atoms. The number of ether oxygens (including phenoxy) is 1. The molecule has 1 saturated heterocycles. The number of hydrogen-bond donors (Lipinski definition) is 1. The second-order valence-corrected chi connectivity index (χ2v) is 7.43. The van der Waals surface area contributed by atoms with Crippen LogP contribution in [0.5, 0.6) is 5.75 Å². The lowest BCUT2D eigenvalue weighted by Crippen LogP contribution is -2.44. The Hall–Kier alpha value is -1.78. The average Bonchev–Trinajstić information content (AvgIpc) is 2.69. The smallest absolute Gasteiger partial charge is 0.168 e. The molecule has 1 N–H and O–H groups in total. The molecule has 3 nitrogen and oxygen atoms in total. The van der Waals surface area contributed by atoms with Gasteiger partial charge in [0.25, 0.3) is 0 Å². The van der Waals surface area contributed by atoms with Gasteiger partial charge in [-0.15, -0.1) is 0 Å². The van der Waals surface area contributed by atoms with Crippen molar-refractivity contribution < 1.29 is 4.74 Å². The van der Waals surface area contributed by atoms with Crippen molar-refractivity contribution in [3.8, 4) is 5.75 Å². The molecule has 2 aromatic carbocycles. The maximum atomic E-state index is 5.92. The molecule has 1 heterocycles. The molecular formula is C21H25ClN2OS. The predicted octanol–water partition coefficient (Wildman–Crippen LogP) is 4.65. The molecule has 0 aliphatic carbocycles. The van der Waals surface area contributed by atoms with E-state index in [0.29, 0.717) is 5.92 Å². The summed E-state index contributed by atoms with van der Waals surface area (Å²) in [6.07, 6.45) is 3.13. The summed E-state index contributed by atoms with van der Waals surface area (Å²) < 4.78 is 5.52. The van der Waals surface area contributed by atoms with Crippen molar-refractivity contribution >= 4 is 28.9 Å². The quantitative estimate of drug-likeness (QED) is 0.754. The van der Waals surface area contributed by atoms with Crippen LogP contribution in [0, 0.1) is 0 Å². The molecule has 3 rings (SSSR count). The number of methoxy groups -OCH3 is 1. The monoisotopic (exact) mass is 388 g/mol. The molecule has 1 aliphatic rings. The van der Waals surface area contributed by atoms with Gasteiger partial charge >= 0.3 is 0 Å². The van der Waals surface area contributed by atoms with Crippen LogP contribution in [-0.2, 0) is 6.42 Å². The Kier molecular flexibility index (Phi) is 6.75. The molecule has 1 fully saturated rings. The third-order valence-corrected chi connectivity index (χ3v) is 5.62. The number of piperidine rings is 1. The molecule has 0 unspecified atom stereocenters. The van der Waals surface area contributed by atoms with Crippen molar-refractivity contribution in [2.75, 3.05) is 26.7 Å². The molecule has 2 aromatic rings. The Balaban J connectivity index is 1.45. The number of para-hydroxylation sites is 1. The zero-order chi connectivity index (χ0) is 18.4. The lowest BCUT2D eigenvalue weighted by Gasteiger charge is -2.34. The normalized spacial score (nSPS) is 14.9. The Bertz CT molecular complexity index is 727. The zero-order valence-corrected chi connectivity index (χ0v) is 16.7. The van der Waals surface area contributed by atoms with Crippen LogP contribution in [0.4, 0.5) is 0 Å². The van der Waals surface area contributed by atoms with Crippen molar-refractivity contribution in [2.45, 2.75) is 25.2 Å². The van der Waals surface area contributed by atoms with Gasteiger partial charge in [0.2, 0.25) is 0 Å². The minimum absolute atomic E-state index is 0.541. The number of nitrogens with one attached hydrogen (secondary N) is 1. The maximum absolute atomic E-state index is 5.92. The van der Waals surface area contributed by atoms with E-state index in [0.717, 1.165) is 54.8 Å². The van der Waals surface area contributed by atoms with Crippen LogP contribution in [0.1, 0.15) is 29.9 Å². The van der Waals surface area contributed by atoms with Crippen LogP contribution in [0.2, 0.25) is 5.02 Å². The second kappa shape index (κ2) is 9.24. The van der Waals surface area contributed by atoms with E-state index in [1.54, 1.807) is 7.11 Å². The largest absolute Gasteiger partial charge is 0.496 e. The second-order valence-electron chi connectivity index (χ2n) is 6.61. The van der Waals surface area contributed by atoms with E-state index in [1.807, 2.05) is 24.3 Å². The lowest BCUT2D eigenvalue weighted by atomic mass is 9.89. The van der Waals surface area contributed by atoms with E-state index in [2.05, 4.69) is 34.5 Å². The van der Waals surface area contributed by atoms with Crippen LogP contribution in [-0.4, -0.2) is 36.8 Å². The molecule has 0 bridgehead atoms. The van der Waals surface area contributed by atoms with E-state index in [-0.39, 0.29) is 0 Å². The number of rotatable bonds is 5. The fourth-order valence-electron chi connectivity index (χ4n) is 3.47. The summed E-state index contributed by atoms with van der Waals surface area (Å²) >= 11 is 11.5. The van der Waals surface area contributed by atoms with Crippen molar-refractivity contribution in [1.29, 1.82) is 0 Å². The molecule has 0 aromatic heterocycles. The minimum atomic E-state index is 0.541. The number of benzene rings is 2. The topological polar surface area (TPSA) is 24.5 Å². The fraction of sp³-hybridized carbons (Fsp3) is 0.381. The van der Waals surface area contributed by atoms with E-state index >= 15 is 0 Å². The van der Waals surface area contributed by atoms with Gasteiger partial charge < -0.3 is 15.0 Å². The van der Waals surface area contributed by atoms with Crippen molar-refractivity contribution in [3.05, 3.63) is 64.7 Å². The van der Waals surface area contributed by atoms with Crippen LogP contribution in [0.25, 0.3) is 0 Å². The summed E-state index contributed by atoms with van der Waals surface area (Å²) in [4.78, 5) is 2.28. The van der Waals surface area contributed by atoms with Crippen LogP contribution in [0.3, 0.4) is 0 Å². The number of halogens is 1. The summed E-state index contributed by atoms with van der Waals surface area (Å²) in [5.41, 5.74) is 2.58. The molecule has 26 heavy (non-hydrogen) atoms. The van der Waals surface area contributed by atoms with Crippen LogP contribution >= 0.6 is 23.8 Å². The highest BCUT2D eigenvalue weighted by Crippen LogP contribution is 2.33. The van der Waals surface area contributed by atoms with Crippen LogP contribution < -0.4 is 10.1 Å². The molecule has 0 radical (unpaired) electrons. The van der Waals surface area contributed by atoms with Gasteiger partial charge in [-0.1, -0.05) is 41.9 Å². The molecule has 1 aliphatic heterocycles. The van der Waals surface area contributed by atoms with E-state index in [1.165, 1.54) is 11.1 Å². The number of hydrogen-bond acceptors (Lipinski definition) is 2. The molecule has 0 amide bonds. The van der Waals surface area contributed by atoms with Gasteiger partial charge in [-0.3, -0.25) is 0 Å². The molecule has 0 atom stereocenters.